The zero-order chi connectivity index (χ0) is 10.2. The first-order valence-electron chi connectivity index (χ1n) is 5.44. The molecule has 1 unspecified atom stereocenters. The number of aliphatic hydroxyl groups is 1. The number of aliphatic hydroxyl groups excluding tert-OH is 1. The second-order valence-corrected chi connectivity index (χ2v) is 3.79. The number of carbonyl (C=O) groups excluding carboxylic acids is 1. The van der Waals surface area contributed by atoms with Crippen molar-refractivity contribution in [3.63, 3.8) is 0 Å². The molecule has 0 aromatic rings. The molecule has 3 N–H and O–H groups in total. The smallest absolute Gasteiger partial charge is 0.220 e. The molecule has 0 bridgehead atoms. The van der Waals surface area contributed by atoms with Crippen molar-refractivity contribution in [2.75, 3.05) is 19.7 Å². The zero-order valence-electron chi connectivity index (χ0n) is 8.59. The van der Waals surface area contributed by atoms with Crippen LogP contribution in [0.4, 0.5) is 0 Å². The number of unbranched alkanes of at least 4 members (excludes halogenated alkanes) is 2. The molecule has 1 amide bonds. The van der Waals surface area contributed by atoms with Crippen molar-refractivity contribution in [2.24, 2.45) is 0 Å². The first-order valence-corrected chi connectivity index (χ1v) is 5.44. The van der Waals surface area contributed by atoms with Gasteiger partial charge in [-0.1, -0.05) is 0 Å². The molecule has 0 aliphatic carbocycles. The predicted molar refractivity (Wildman–Crippen MR) is 55.0 cm³/mol. The normalized spacial score (nSPS) is 21.2. The van der Waals surface area contributed by atoms with Crippen LogP contribution in [0.5, 0.6) is 0 Å². The topological polar surface area (TPSA) is 61.4 Å². The van der Waals surface area contributed by atoms with E-state index in [0.717, 1.165) is 38.8 Å². The van der Waals surface area contributed by atoms with Gasteiger partial charge in [-0.05, 0) is 32.2 Å². The van der Waals surface area contributed by atoms with Gasteiger partial charge >= 0.3 is 0 Å². The summed E-state index contributed by atoms with van der Waals surface area (Å²) in [6.07, 6.45) is 4.70. The van der Waals surface area contributed by atoms with Gasteiger partial charge in [0.25, 0.3) is 0 Å². The molecular weight excluding hydrogens is 180 g/mol. The molecule has 1 atom stereocenters. The van der Waals surface area contributed by atoms with Crippen molar-refractivity contribution >= 4 is 5.91 Å². The van der Waals surface area contributed by atoms with Crippen LogP contribution in [0.25, 0.3) is 0 Å². The average molecular weight is 200 g/mol. The number of hydrogen-bond acceptors (Lipinski definition) is 3. The maximum atomic E-state index is 10.9. The summed E-state index contributed by atoms with van der Waals surface area (Å²) < 4.78 is 0. The van der Waals surface area contributed by atoms with Gasteiger partial charge in [0.15, 0.2) is 0 Å². The molecular formula is C10H20N2O2. The number of rotatable bonds is 7. The Balaban J connectivity index is 1.86. The van der Waals surface area contributed by atoms with Crippen molar-refractivity contribution < 1.29 is 9.90 Å². The van der Waals surface area contributed by atoms with Crippen LogP contribution in [0.3, 0.4) is 0 Å². The van der Waals surface area contributed by atoms with E-state index < -0.39 is 0 Å². The summed E-state index contributed by atoms with van der Waals surface area (Å²) in [6.45, 7) is 2.15. The molecule has 1 rings (SSSR count). The van der Waals surface area contributed by atoms with Gasteiger partial charge in [-0.15, -0.1) is 0 Å². The highest BCUT2D eigenvalue weighted by atomic mass is 16.2. The molecule has 14 heavy (non-hydrogen) atoms. The summed E-state index contributed by atoms with van der Waals surface area (Å²) in [4.78, 5) is 10.9. The second kappa shape index (κ2) is 6.79. The van der Waals surface area contributed by atoms with Crippen LogP contribution < -0.4 is 10.6 Å². The van der Waals surface area contributed by atoms with Crippen molar-refractivity contribution in [2.45, 2.75) is 38.1 Å². The van der Waals surface area contributed by atoms with E-state index in [2.05, 4.69) is 10.6 Å². The fourth-order valence-corrected chi connectivity index (χ4v) is 1.65. The highest BCUT2D eigenvalue weighted by molar-refractivity contribution is 5.78. The SMILES string of the molecule is O=C1CCC(CNCCCCCO)N1. The Labute approximate surface area is 85.1 Å². The first-order chi connectivity index (χ1) is 6.83. The maximum Gasteiger partial charge on any atom is 0.220 e. The van der Waals surface area contributed by atoms with Crippen LogP contribution in [0, 0.1) is 0 Å². The fourth-order valence-electron chi connectivity index (χ4n) is 1.65. The summed E-state index contributed by atoms with van der Waals surface area (Å²) >= 11 is 0. The number of amides is 1. The van der Waals surface area contributed by atoms with E-state index in [1.54, 1.807) is 0 Å². The minimum atomic E-state index is 0.178. The third kappa shape index (κ3) is 4.58. The quantitative estimate of drug-likeness (QED) is 0.508. The summed E-state index contributed by atoms with van der Waals surface area (Å²) in [5, 5.41) is 14.8. The van der Waals surface area contributed by atoms with Crippen LogP contribution in [-0.4, -0.2) is 36.8 Å². The molecule has 82 valence electrons. The lowest BCUT2D eigenvalue weighted by atomic mass is 10.2. The van der Waals surface area contributed by atoms with E-state index >= 15 is 0 Å². The lowest BCUT2D eigenvalue weighted by Gasteiger charge is -2.10. The molecule has 1 aliphatic rings. The lowest BCUT2D eigenvalue weighted by Crippen LogP contribution is -2.35. The Morgan fingerprint density at radius 3 is 2.93 bits per heavy atom. The molecule has 0 spiro atoms. The molecule has 0 aromatic carbocycles. The highest BCUT2D eigenvalue weighted by Gasteiger charge is 2.19. The third-order valence-corrected chi connectivity index (χ3v) is 2.49. The van der Waals surface area contributed by atoms with E-state index in [1.807, 2.05) is 0 Å². The fraction of sp³-hybridized carbons (Fsp3) is 0.900. The summed E-state index contributed by atoms with van der Waals surface area (Å²) in [5.41, 5.74) is 0. The Bertz CT molecular complexity index is 174. The van der Waals surface area contributed by atoms with Gasteiger partial charge in [-0.3, -0.25) is 4.79 Å². The van der Waals surface area contributed by atoms with Crippen molar-refractivity contribution in [1.82, 2.24) is 10.6 Å². The average Bonchev–Trinajstić information content (AvgIpc) is 2.58. The maximum absolute atomic E-state index is 10.9. The van der Waals surface area contributed by atoms with E-state index in [9.17, 15) is 4.79 Å². The molecule has 4 nitrogen and oxygen atoms in total. The van der Waals surface area contributed by atoms with Gasteiger partial charge in [-0.2, -0.15) is 0 Å². The van der Waals surface area contributed by atoms with Gasteiger partial charge in [-0.25, -0.2) is 0 Å². The summed E-state index contributed by atoms with van der Waals surface area (Å²) in [6, 6.07) is 0.334. The number of nitrogens with one attached hydrogen (secondary N) is 2. The second-order valence-electron chi connectivity index (χ2n) is 3.79. The third-order valence-electron chi connectivity index (χ3n) is 2.49. The van der Waals surface area contributed by atoms with Crippen molar-refractivity contribution in [3.05, 3.63) is 0 Å². The molecule has 4 heteroatoms. The Morgan fingerprint density at radius 1 is 1.43 bits per heavy atom. The summed E-state index contributed by atoms with van der Waals surface area (Å²) in [5.74, 6) is 0.178. The van der Waals surface area contributed by atoms with Crippen LogP contribution in [0.15, 0.2) is 0 Å². The largest absolute Gasteiger partial charge is 0.396 e. The van der Waals surface area contributed by atoms with Gasteiger partial charge in [0, 0.05) is 25.6 Å². The zero-order valence-corrected chi connectivity index (χ0v) is 8.59. The van der Waals surface area contributed by atoms with Gasteiger partial charge in [0.1, 0.15) is 0 Å². The van der Waals surface area contributed by atoms with Crippen molar-refractivity contribution in [3.8, 4) is 0 Å². The highest BCUT2D eigenvalue weighted by Crippen LogP contribution is 2.04. The molecule has 1 aliphatic heterocycles. The lowest BCUT2D eigenvalue weighted by molar-refractivity contribution is -0.119. The molecule has 1 heterocycles. The van der Waals surface area contributed by atoms with E-state index in [1.165, 1.54) is 0 Å². The van der Waals surface area contributed by atoms with E-state index in [-0.39, 0.29) is 5.91 Å². The van der Waals surface area contributed by atoms with Gasteiger partial charge < -0.3 is 15.7 Å². The number of carbonyl (C=O) groups is 1. The monoisotopic (exact) mass is 200 g/mol. The van der Waals surface area contributed by atoms with Crippen LogP contribution in [0.2, 0.25) is 0 Å². The van der Waals surface area contributed by atoms with E-state index in [4.69, 9.17) is 5.11 Å². The van der Waals surface area contributed by atoms with E-state index in [0.29, 0.717) is 19.1 Å². The Kier molecular flexibility index (Phi) is 5.56. The van der Waals surface area contributed by atoms with Gasteiger partial charge in [0.2, 0.25) is 5.91 Å². The number of hydrogen-bond donors (Lipinski definition) is 3. The predicted octanol–water partition coefficient (Wildman–Crippen LogP) is 0.0172. The van der Waals surface area contributed by atoms with Crippen LogP contribution in [0.1, 0.15) is 32.1 Å². The minimum Gasteiger partial charge on any atom is -0.396 e. The van der Waals surface area contributed by atoms with Crippen LogP contribution in [-0.2, 0) is 4.79 Å². The standard InChI is InChI=1S/C10H20N2O2/c13-7-3-1-2-6-11-8-9-4-5-10(14)12-9/h9,11,13H,1-8H2,(H,12,14). The minimum absolute atomic E-state index is 0.178. The molecule has 0 aromatic heterocycles. The van der Waals surface area contributed by atoms with Gasteiger partial charge in [0.05, 0.1) is 0 Å². The molecule has 1 saturated heterocycles. The van der Waals surface area contributed by atoms with Crippen LogP contribution >= 0.6 is 0 Å². The molecule has 1 fully saturated rings. The Hall–Kier alpha value is -0.610. The summed E-state index contributed by atoms with van der Waals surface area (Å²) in [7, 11) is 0. The van der Waals surface area contributed by atoms with Crippen molar-refractivity contribution in [1.29, 1.82) is 0 Å². The Morgan fingerprint density at radius 2 is 2.29 bits per heavy atom. The first kappa shape index (κ1) is 11.5. The molecule has 0 radical (unpaired) electrons. The molecule has 0 saturated carbocycles.